The fraction of sp³-hybridized carbons (Fsp3) is 0.200. The van der Waals surface area contributed by atoms with E-state index in [4.69, 9.17) is 0 Å². The van der Waals surface area contributed by atoms with Crippen LogP contribution in [-0.4, -0.2) is 18.3 Å². The first-order valence-electron chi connectivity index (χ1n) is 9.61. The van der Waals surface area contributed by atoms with E-state index < -0.39 is 0 Å². The number of likely N-dealkylation sites (N-methyl/N-ethyl adjacent to an activating group) is 1. The molecule has 0 atom stereocenters. The predicted octanol–water partition coefficient (Wildman–Crippen LogP) is 5.34. The van der Waals surface area contributed by atoms with E-state index in [0.29, 0.717) is 0 Å². The van der Waals surface area contributed by atoms with E-state index in [1.807, 2.05) is 24.3 Å². The molecule has 0 spiro atoms. The number of hydrazone groups is 1. The average Bonchev–Trinajstić information content (AvgIpc) is 2.71. The summed E-state index contributed by atoms with van der Waals surface area (Å²) in [4.78, 5) is 0. The van der Waals surface area contributed by atoms with Crippen molar-refractivity contribution in [2.75, 3.05) is 7.05 Å². The van der Waals surface area contributed by atoms with Gasteiger partial charge in [0.05, 0.1) is 11.9 Å². The number of hydrogen-bond donors (Lipinski definition) is 1. The Kier molecular flexibility index (Phi) is 9.07. The number of benzene rings is 2. The molecule has 147 valence electrons. The molecular formula is C25H28N3Y-. The molecule has 0 unspecified atom stereocenters. The molecule has 3 nitrogen and oxygen atoms in total. The molecule has 1 heterocycles. The molecule has 3 rings (SSSR count). The Balaban J connectivity index is 0.00000300. The minimum atomic E-state index is 0. The van der Waals surface area contributed by atoms with Crippen LogP contribution in [0.15, 0.2) is 89.8 Å². The maximum Gasteiger partial charge on any atom is 0.0600 e. The Labute approximate surface area is 200 Å². The Morgan fingerprint density at radius 3 is 2.45 bits per heavy atom. The van der Waals surface area contributed by atoms with Gasteiger partial charge in [0, 0.05) is 45.3 Å². The second-order valence-electron chi connectivity index (χ2n) is 7.11. The van der Waals surface area contributed by atoms with Gasteiger partial charge in [0.1, 0.15) is 0 Å². The molecule has 0 saturated heterocycles. The largest absolute Gasteiger partial charge is 0.539 e. The molecule has 0 aromatic heterocycles. The van der Waals surface area contributed by atoms with E-state index >= 15 is 0 Å². The van der Waals surface area contributed by atoms with Crippen LogP contribution in [0.25, 0.3) is 5.57 Å². The first-order chi connectivity index (χ1) is 13.5. The summed E-state index contributed by atoms with van der Waals surface area (Å²) in [6, 6.07) is 19.1. The number of rotatable bonds is 8. The first kappa shape index (κ1) is 23.3. The zero-order valence-corrected chi connectivity index (χ0v) is 20.2. The van der Waals surface area contributed by atoms with Crippen LogP contribution in [0.4, 0.5) is 0 Å². The second kappa shape index (κ2) is 11.3. The SMILES string of the molecule is C=C(CCc1ccccc1)N[CH-]Cc1ccc(C2=C(C)C=NN(C)C2=C)cc1.[Y]. The number of nitrogens with one attached hydrogen (secondary N) is 1. The minimum Gasteiger partial charge on any atom is -0.539 e. The summed E-state index contributed by atoms with van der Waals surface area (Å²) in [6.45, 7) is 12.4. The van der Waals surface area contributed by atoms with E-state index in [2.05, 4.69) is 85.6 Å². The Morgan fingerprint density at radius 2 is 1.76 bits per heavy atom. The van der Waals surface area contributed by atoms with Crippen LogP contribution >= 0.6 is 0 Å². The molecule has 4 heteroatoms. The fourth-order valence-electron chi connectivity index (χ4n) is 3.22. The minimum absolute atomic E-state index is 0. The van der Waals surface area contributed by atoms with Crippen molar-refractivity contribution in [3.63, 3.8) is 0 Å². The van der Waals surface area contributed by atoms with Crippen molar-refractivity contribution in [3.8, 4) is 0 Å². The summed E-state index contributed by atoms with van der Waals surface area (Å²) in [5.41, 5.74) is 8.03. The van der Waals surface area contributed by atoms with Crippen molar-refractivity contribution in [3.05, 3.63) is 108 Å². The topological polar surface area (TPSA) is 27.6 Å². The fourth-order valence-corrected chi connectivity index (χ4v) is 3.22. The molecule has 1 radical (unpaired) electrons. The molecule has 0 fully saturated rings. The number of allylic oxidation sites excluding steroid dienone is 3. The first-order valence-corrected chi connectivity index (χ1v) is 9.61. The number of nitrogens with zero attached hydrogens (tertiary/aromatic N) is 2. The smallest absolute Gasteiger partial charge is 0.0600 e. The zero-order valence-electron chi connectivity index (χ0n) is 17.4. The molecule has 0 aliphatic carbocycles. The van der Waals surface area contributed by atoms with Crippen LogP contribution in [0.1, 0.15) is 30.0 Å². The normalized spacial score (nSPS) is 13.3. The summed E-state index contributed by atoms with van der Waals surface area (Å²) >= 11 is 0. The Bertz CT molecular complexity index is 895. The molecule has 1 aliphatic heterocycles. The van der Waals surface area contributed by atoms with Crippen molar-refractivity contribution in [2.45, 2.75) is 26.2 Å². The molecule has 1 aliphatic rings. The Hall–Kier alpha value is -1.97. The van der Waals surface area contributed by atoms with Crippen LogP contribution < -0.4 is 5.32 Å². The van der Waals surface area contributed by atoms with Crippen LogP contribution in [0.3, 0.4) is 0 Å². The van der Waals surface area contributed by atoms with E-state index in [1.54, 1.807) is 0 Å². The van der Waals surface area contributed by atoms with Gasteiger partial charge in [0.2, 0.25) is 0 Å². The maximum atomic E-state index is 4.31. The third-order valence-corrected chi connectivity index (χ3v) is 4.94. The van der Waals surface area contributed by atoms with Gasteiger partial charge in [-0.15, -0.1) is 6.42 Å². The van der Waals surface area contributed by atoms with Gasteiger partial charge in [-0.1, -0.05) is 73.3 Å². The van der Waals surface area contributed by atoms with Gasteiger partial charge >= 0.3 is 0 Å². The third kappa shape index (κ3) is 6.52. The molecule has 0 saturated carbocycles. The van der Waals surface area contributed by atoms with Gasteiger partial charge < -0.3 is 5.32 Å². The van der Waals surface area contributed by atoms with Crippen molar-refractivity contribution >= 4 is 11.8 Å². The summed E-state index contributed by atoms with van der Waals surface area (Å²) in [7, 11) is 1.92. The van der Waals surface area contributed by atoms with Crippen molar-refractivity contribution in [2.24, 2.45) is 5.10 Å². The van der Waals surface area contributed by atoms with Crippen molar-refractivity contribution < 1.29 is 32.7 Å². The van der Waals surface area contributed by atoms with Gasteiger partial charge in [-0.2, -0.15) is 5.10 Å². The quantitative estimate of drug-likeness (QED) is 0.540. The zero-order chi connectivity index (χ0) is 19.9. The van der Waals surface area contributed by atoms with E-state index in [-0.39, 0.29) is 32.7 Å². The molecule has 2 aromatic carbocycles. The Morgan fingerprint density at radius 1 is 1.07 bits per heavy atom. The van der Waals surface area contributed by atoms with Gasteiger partial charge in [0.25, 0.3) is 0 Å². The summed E-state index contributed by atoms with van der Waals surface area (Å²) in [5.74, 6) is 0. The summed E-state index contributed by atoms with van der Waals surface area (Å²) in [6.07, 6.45) is 4.68. The maximum absolute atomic E-state index is 4.31. The van der Waals surface area contributed by atoms with Crippen LogP contribution in [-0.2, 0) is 45.6 Å². The summed E-state index contributed by atoms with van der Waals surface area (Å²) in [5, 5.41) is 9.45. The molecular weight excluding hydrogens is 431 g/mol. The van der Waals surface area contributed by atoms with Gasteiger partial charge in [0.15, 0.2) is 0 Å². The van der Waals surface area contributed by atoms with E-state index in [1.165, 1.54) is 16.7 Å². The van der Waals surface area contributed by atoms with E-state index in [0.717, 1.165) is 41.8 Å². The third-order valence-electron chi connectivity index (χ3n) is 4.94. The predicted molar refractivity (Wildman–Crippen MR) is 119 cm³/mol. The van der Waals surface area contributed by atoms with Gasteiger partial charge in [-0.25, -0.2) is 6.54 Å². The van der Waals surface area contributed by atoms with Crippen LogP contribution in [0.5, 0.6) is 0 Å². The average molecular weight is 459 g/mol. The van der Waals surface area contributed by atoms with Crippen LogP contribution in [0.2, 0.25) is 0 Å². The monoisotopic (exact) mass is 459 g/mol. The molecule has 0 amide bonds. The molecule has 0 bridgehead atoms. The number of aryl methyl sites for hydroxylation is 1. The van der Waals surface area contributed by atoms with Gasteiger partial charge in [-0.3, -0.25) is 5.01 Å². The molecule has 2 aromatic rings. The second-order valence-corrected chi connectivity index (χ2v) is 7.11. The molecule has 29 heavy (non-hydrogen) atoms. The standard InChI is InChI=1S/C25H28N3.Y/c1-19-18-27-28(4)21(3)25(19)24-14-12-23(13-15-24)16-17-26-20(2)10-11-22-8-6-5-7-9-22;/h5-9,12-15,17-18,26H,2-3,10-11,16H2,1,4H3;/q-1;. The van der Waals surface area contributed by atoms with Crippen LogP contribution in [0, 0.1) is 6.54 Å². The molecule has 1 N–H and O–H groups in total. The van der Waals surface area contributed by atoms with Crippen molar-refractivity contribution in [1.82, 2.24) is 10.3 Å². The summed E-state index contributed by atoms with van der Waals surface area (Å²) < 4.78 is 0. The van der Waals surface area contributed by atoms with Gasteiger partial charge in [-0.05, 0) is 42.2 Å². The van der Waals surface area contributed by atoms with E-state index in [9.17, 15) is 0 Å². The van der Waals surface area contributed by atoms with Crippen molar-refractivity contribution in [1.29, 1.82) is 0 Å². The number of hydrogen-bond acceptors (Lipinski definition) is 3.